The molecular formula is C13H29N3. The Kier molecular flexibility index (Phi) is 5.73. The molecule has 0 radical (unpaired) electrons. The molecule has 1 heterocycles. The molecule has 16 heavy (non-hydrogen) atoms. The van der Waals surface area contributed by atoms with E-state index in [9.17, 15) is 0 Å². The summed E-state index contributed by atoms with van der Waals surface area (Å²) in [6, 6.07) is 0. The molecule has 0 bridgehead atoms. The van der Waals surface area contributed by atoms with E-state index >= 15 is 0 Å². The predicted octanol–water partition coefficient (Wildman–Crippen LogP) is 1.29. The second-order valence-electron chi connectivity index (χ2n) is 6.09. The maximum Gasteiger partial charge on any atom is 0.000756 e. The van der Waals surface area contributed by atoms with Gasteiger partial charge in [0.05, 0.1) is 0 Å². The molecule has 0 aromatic rings. The molecule has 1 unspecified atom stereocenters. The van der Waals surface area contributed by atoms with Gasteiger partial charge < -0.3 is 16.0 Å². The quantitative estimate of drug-likeness (QED) is 0.644. The number of nitrogens with zero attached hydrogens (tertiary/aromatic N) is 1. The highest BCUT2D eigenvalue weighted by molar-refractivity contribution is 4.75. The van der Waals surface area contributed by atoms with E-state index in [1.165, 1.54) is 25.9 Å². The SMILES string of the molecule is CN1CCC(CCNCC(C)(C)CCN)C1. The normalized spacial score (nSPS) is 22.9. The van der Waals surface area contributed by atoms with Gasteiger partial charge in [-0.05, 0) is 57.3 Å². The summed E-state index contributed by atoms with van der Waals surface area (Å²) in [6.45, 7) is 10.2. The Morgan fingerprint density at radius 2 is 2.19 bits per heavy atom. The van der Waals surface area contributed by atoms with E-state index < -0.39 is 0 Å². The van der Waals surface area contributed by atoms with E-state index in [4.69, 9.17) is 5.73 Å². The van der Waals surface area contributed by atoms with Crippen LogP contribution in [0.15, 0.2) is 0 Å². The minimum atomic E-state index is 0.348. The number of nitrogens with two attached hydrogens (primary N) is 1. The first-order valence-corrected chi connectivity index (χ1v) is 6.63. The van der Waals surface area contributed by atoms with Crippen molar-refractivity contribution in [2.75, 3.05) is 39.8 Å². The lowest BCUT2D eigenvalue weighted by atomic mass is 9.89. The number of likely N-dealkylation sites (tertiary alicyclic amines) is 1. The lowest BCUT2D eigenvalue weighted by molar-refractivity contribution is 0.312. The van der Waals surface area contributed by atoms with Crippen molar-refractivity contribution >= 4 is 0 Å². The highest BCUT2D eigenvalue weighted by Gasteiger charge is 2.19. The van der Waals surface area contributed by atoms with Crippen molar-refractivity contribution in [3.8, 4) is 0 Å². The first-order chi connectivity index (χ1) is 7.53. The molecule has 1 aliphatic rings. The molecule has 1 saturated heterocycles. The highest BCUT2D eigenvalue weighted by atomic mass is 15.1. The highest BCUT2D eigenvalue weighted by Crippen LogP contribution is 2.19. The molecule has 3 heteroatoms. The van der Waals surface area contributed by atoms with Gasteiger partial charge in [-0.1, -0.05) is 13.8 Å². The molecule has 0 amide bonds. The minimum absolute atomic E-state index is 0.348. The summed E-state index contributed by atoms with van der Waals surface area (Å²) < 4.78 is 0. The number of rotatable bonds is 7. The number of hydrogen-bond donors (Lipinski definition) is 2. The van der Waals surface area contributed by atoms with Gasteiger partial charge in [0.2, 0.25) is 0 Å². The van der Waals surface area contributed by atoms with Crippen LogP contribution in [0.2, 0.25) is 0 Å². The largest absolute Gasteiger partial charge is 0.330 e. The Labute approximate surface area is 101 Å². The molecule has 96 valence electrons. The molecule has 0 spiro atoms. The summed E-state index contributed by atoms with van der Waals surface area (Å²) in [5.74, 6) is 0.912. The lowest BCUT2D eigenvalue weighted by Gasteiger charge is -2.24. The van der Waals surface area contributed by atoms with Crippen LogP contribution in [0, 0.1) is 11.3 Å². The van der Waals surface area contributed by atoms with E-state index in [-0.39, 0.29) is 0 Å². The molecule has 0 aromatic heterocycles. The zero-order valence-corrected chi connectivity index (χ0v) is 11.3. The molecule has 1 rings (SSSR count). The Morgan fingerprint density at radius 1 is 1.44 bits per heavy atom. The summed E-state index contributed by atoms with van der Waals surface area (Å²) in [7, 11) is 2.22. The maximum atomic E-state index is 5.60. The number of hydrogen-bond acceptors (Lipinski definition) is 3. The van der Waals surface area contributed by atoms with Gasteiger partial charge in [-0.3, -0.25) is 0 Å². The van der Waals surface area contributed by atoms with E-state index in [1.54, 1.807) is 0 Å². The van der Waals surface area contributed by atoms with Crippen LogP contribution in [0.25, 0.3) is 0 Å². The van der Waals surface area contributed by atoms with E-state index in [0.29, 0.717) is 5.41 Å². The van der Waals surface area contributed by atoms with Crippen LogP contribution < -0.4 is 11.1 Å². The van der Waals surface area contributed by atoms with Crippen LogP contribution in [-0.4, -0.2) is 44.7 Å². The Bertz CT molecular complexity index is 192. The molecule has 3 N–H and O–H groups in total. The number of nitrogens with one attached hydrogen (secondary N) is 1. The first kappa shape index (κ1) is 13.9. The zero-order valence-electron chi connectivity index (χ0n) is 11.3. The first-order valence-electron chi connectivity index (χ1n) is 6.63. The molecule has 1 fully saturated rings. The predicted molar refractivity (Wildman–Crippen MR) is 70.5 cm³/mol. The second kappa shape index (κ2) is 6.58. The van der Waals surface area contributed by atoms with Crippen LogP contribution >= 0.6 is 0 Å². The van der Waals surface area contributed by atoms with Crippen LogP contribution in [0.5, 0.6) is 0 Å². The van der Waals surface area contributed by atoms with Crippen molar-refractivity contribution in [2.24, 2.45) is 17.1 Å². The van der Waals surface area contributed by atoms with Crippen molar-refractivity contribution in [3.63, 3.8) is 0 Å². The lowest BCUT2D eigenvalue weighted by Crippen LogP contribution is -2.32. The second-order valence-corrected chi connectivity index (χ2v) is 6.09. The third-order valence-electron chi connectivity index (χ3n) is 3.64. The third kappa shape index (κ3) is 5.28. The molecule has 0 aromatic carbocycles. The van der Waals surface area contributed by atoms with Crippen molar-refractivity contribution in [1.29, 1.82) is 0 Å². The molecule has 0 saturated carbocycles. The van der Waals surface area contributed by atoms with Crippen LogP contribution in [0.4, 0.5) is 0 Å². The van der Waals surface area contributed by atoms with Crippen molar-refractivity contribution in [1.82, 2.24) is 10.2 Å². The van der Waals surface area contributed by atoms with E-state index in [0.717, 1.165) is 32.0 Å². The van der Waals surface area contributed by atoms with Gasteiger partial charge in [-0.25, -0.2) is 0 Å². The molecular weight excluding hydrogens is 198 g/mol. The molecule has 0 aliphatic carbocycles. The fraction of sp³-hybridized carbons (Fsp3) is 1.00. The standard InChI is InChI=1S/C13H29N3/c1-13(2,6-7-14)11-15-8-4-12-5-9-16(3)10-12/h12,15H,4-11,14H2,1-3H3. The monoisotopic (exact) mass is 227 g/mol. The van der Waals surface area contributed by atoms with E-state index in [2.05, 4.69) is 31.1 Å². The van der Waals surface area contributed by atoms with Gasteiger partial charge in [0, 0.05) is 13.1 Å². The topological polar surface area (TPSA) is 41.3 Å². The maximum absolute atomic E-state index is 5.60. The van der Waals surface area contributed by atoms with Crippen LogP contribution in [0.1, 0.15) is 33.1 Å². The Morgan fingerprint density at radius 3 is 2.75 bits per heavy atom. The van der Waals surface area contributed by atoms with Gasteiger partial charge in [0.25, 0.3) is 0 Å². The summed E-state index contributed by atoms with van der Waals surface area (Å²) in [5.41, 5.74) is 5.95. The van der Waals surface area contributed by atoms with Gasteiger partial charge in [-0.15, -0.1) is 0 Å². The molecule has 1 atom stereocenters. The smallest absolute Gasteiger partial charge is 0.000756 e. The Balaban J connectivity index is 2.03. The van der Waals surface area contributed by atoms with Gasteiger partial charge in [0.15, 0.2) is 0 Å². The fourth-order valence-corrected chi connectivity index (χ4v) is 2.47. The zero-order chi connectivity index (χ0) is 12.0. The summed E-state index contributed by atoms with van der Waals surface area (Å²) in [5, 5.41) is 3.58. The molecule has 1 aliphatic heterocycles. The minimum Gasteiger partial charge on any atom is -0.330 e. The van der Waals surface area contributed by atoms with Crippen molar-refractivity contribution in [2.45, 2.75) is 33.1 Å². The van der Waals surface area contributed by atoms with Gasteiger partial charge in [-0.2, -0.15) is 0 Å². The molecule has 3 nitrogen and oxygen atoms in total. The summed E-state index contributed by atoms with van der Waals surface area (Å²) in [4.78, 5) is 2.43. The van der Waals surface area contributed by atoms with Gasteiger partial charge >= 0.3 is 0 Å². The van der Waals surface area contributed by atoms with Crippen LogP contribution in [-0.2, 0) is 0 Å². The third-order valence-corrected chi connectivity index (χ3v) is 3.64. The summed E-state index contributed by atoms with van der Waals surface area (Å²) in [6.07, 6.45) is 3.81. The average Bonchev–Trinajstić information content (AvgIpc) is 2.59. The van der Waals surface area contributed by atoms with E-state index in [1.807, 2.05) is 0 Å². The van der Waals surface area contributed by atoms with Crippen molar-refractivity contribution < 1.29 is 0 Å². The average molecular weight is 227 g/mol. The fourth-order valence-electron chi connectivity index (χ4n) is 2.47. The summed E-state index contributed by atoms with van der Waals surface area (Å²) >= 11 is 0. The van der Waals surface area contributed by atoms with Gasteiger partial charge in [0.1, 0.15) is 0 Å². The Hall–Kier alpha value is -0.120. The van der Waals surface area contributed by atoms with Crippen LogP contribution in [0.3, 0.4) is 0 Å². The van der Waals surface area contributed by atoms with Crippen molar-refractivity contribution in [3.05, 3.63) is 0 Å².